The predicted molar refractivity (Wildman–Crippen MR) is 80.5 cm³/mol. The van der Waals surface area contributed by atoms with E-state index in [9.17, 15) is 0 Å². The Morgan fingerprint density at radius 1 is 1.20 bits per heavy atom. The smallest absolute Gasteiger partial charge is 0.0370 e. The molecule has 2 heteroatoms. The second-order valence-electron chi connectivity index (χ2n) is 6.06. The quantitative estimate of drug-likeness (QED) is 0.920. The molecule has 1 N–H and O–H groups in total. The van der Waals surface area contributed by atoms with E-state index in [4.69, 9.17) is 0 Å². The minimum atomic E-state index is 0.435. The molecule has 1 aromatic heterocycles. The number of aryl methyl sites for hydroxylation is 1. The van der Waals surface area contributed by atoms with Gasteiger partial charge < -0.3 is 5.32 Å². The molecule has 1 heterocycles. The van der Waals surface area contributed by atoms with Crippen molar-refractivity contribution in [3.63, 3.8) is 0 Å². The average molecular weight is 264 g/mol. The van der Waals surface area contributed by atoms with Crippen LogP contribution in [0, 0.1) is 11.8 Å². The van der Waals surface area contributed by atoms with E-state index >= 15 is 0 Å². The van der Waals surface area contributed by atoms with Crippen molar-refractivity contribution in [3.8, 4) is 0 Å². The van der Waals surface area contributed by atoms with Gasteiger partial charge in [-0.05, 0) is 60.4 Å². The van der Waals surface area contributed by atoms with Crippen molar-refractivity contribution < 1.29 is 0 Å². The SMILES string of the molecule is CNC(c1cccnc1)C1C2CCc3ccccc3C21. The lowest BCUT2D eigenvalue weighted by Crippen LogP contribution is -2.19. The van der Waals surface area contributed by atoms with Gasteiger partial charge in [-0.2, -0.15) is 0 Å². The highest BCUT2D eigenvalue weighted by Gasteiger charge is 2.56. The molecule has 20 heavy (non-hydrogen) atoms. The van der Waals surface area contributed by atoms with Gasteiger partial charge in [0.1, 0.15) is 0 Å². The van der Waals surface area contributed by atoms with Crippen LogP contribution in [0.15, 0.2) is 48.8 Å². The van der Waals surface area contributed by atoms with Crippen LogP contribution in [0.2, 0.25) is 0 Å². The Kier molecular flexibility index (Phi) is 2.85. The zero-order valence-corrected chi connectivity index (χ0v) is 11.8. The van der Waals surface area contributed by atoms with Gasteiger partial charge in [-0.3, -0.25) is 4.98 Å². The maximum absolute atomic E-state index is 4.29. The monoisotopic (exact) mass is 264 g/mol. The van der Waals surface area contributed by atoms with E-state index in [-0.39, 0.29) is 0 Å². The number of fused-ring (bicyclic) bond motifs is 3. The maximum atomic E-state index is 4.29. The number of nitrogens with zero attached hydrogens (tertiary/aromatic N) is 1. The number of aromatic nitrogens is 1. The minimum Gasteiger partial charge on any atom is -0.313 e. The molecule has 0 saturated heterocycles. The second-order valence-corrected chi connectivity index (χ2v) is 6.06. The van der Waals surface area contributed by atoms with Crippen LogP contribution in [0.5, 0.6) is 0 Å². The lowest BCUT2D eigenvalue weighted by Gasteiger charge is -2.16. The Hall–Kier alpha value is -1.67. The molecule has 1 saturated carbocycles. The molecule has 0 spiro atoms. The molecular formula is C18H20N2. The van der Waals surface area contributed by atoms with Gasteiger partial charge in [-0.25, -0.2) is 0 Å². The molecule has 102 valence electrons. The fourth-order valence-corrected chi connectivity index (χ4v) is 4.22. The molecule has 4 atom stereocenters. The van der Waals surface area contributed by atoms with Crippen molar-refractivity contribution in [1.82, 2.24) is 10.3 Å². The fraction of sp³-hybridized carbons (Fsp3) is 0.389. The number of benzene rings is 1. The first-order valence-corrected chi connectivity index (χ1v) is 7.55. The van der Waals surface area contributed by atoms with Crippen molar-refractivity contribution in [1.29, 1.82) is 0 Å². The Balaban J connectivity index is 1.66. The van der Waals surface area contributed by atoms with Gasteiger partial charge in [0, 0.05) is 18.4 Å². The van der Waals surface area contributed by atoms with Crippen LogP contribution in [0.1, 0.15) is 35.1 Å². The van der Waals surface area contributed by atoms with Gasteiger partial charge >= 0.3 is 0 Å². The zero-order valence-electron chi connectivity index (χ0n) is 11.8. The number of hydrogen-bond donors (Lipinski definition) is 1. The van der Waals surface area contributed by atoms with Crippen LogP contribution in [0.25, 0.3) is 0 Å². The molecule has 0 bridgehead atoms. The van der Waals surface area contributed by atoms with E-state index in [0.717, 1.165) is 17.8 Å². The Bertz CT molecular complexity index is 608. The third-order valence-electron chi connectivity index (χ3n) is 5.13. The molecule has 4 unspecified atom stereocenters. The Morgan fingerprint density at radius 2 is 2.10 bits per heavy atom. The van der Waals surface area contributed by atoms with Crippen molar-refractivity contribution in [2.24, 2.45) is 11.8 Å². The summed E-state index contributed by atoms with van der Waals surface area (Å²) in [6.45, 7) is 0. The maximum Gasteiger partial charge on any atom is 0.0370 e. The van der Waals surface area contributed by atoms with E-state index in [2.05, 4.69) is 47.7 Å². The van der Waals surface area contributed by atoms with Gasteiger partial charge in [0.15, 0.2) is 0 Å². The molecule has 0 radical (unpaired) electrons. The van der Waals surface area contributed by atoms with Crippen LogP contribution in [-0.2, 0) is 6.42 Å². The van der Waals surface area contributed by atoms with E-state index in [1.165, 1.54) is 18.4 Å². The fourth-order valence-electron chi connectivity index (χ4n) is 4.22. The summed E-state index contributed by atoms with van der Waals surface area (Å²) in [7, 11) is 2.08. The number of pyridine rings is 1. The Labute approximate surface area is 120 Å². The number of nitrogens with one attached hydrogen (secondary N) is 1. The lowest BCUT2D eigenvalue weighted by molar-refractivity contribution is 0.483. The van der Waals surface area contributed by atoms with Gasteiger partial charge in [0.2, 0.25) is 0 Å². The lowest BCUT2D eigenvalue weighted by atomic mass is 9.92. The summed E-state index contributed by atoms with van der Waals surface area (Å²) in [4.78, 5) is 4.29. The highest BCUT2D eigenvalue weighted by Crippen LogP contribution is 2.64. The normalized spacial score (nSPS) is 28.4. The van der Waals surface area contributed by atoms with Crippen molar-refractivity contribution in [3.05, 3.63) is 65.5 Å². The number of rotatable bonds is 3. The molecule has 4 rings (SSSR count). The third-order valence-corrected chi connectivity index (χ3v) is 5.13. The standard InChI is InChI=1S/C18H20N2/c1-19-18(13-6-4-10-20-11-13)17-15-9-8-12-5-2-3-7-14(12)16(15)17/h2-7,10-11,15-19H,8-9H2,1H3. The summed E-state index contributed by atoms with van der Waals surface area (Å²) in [6.07, 6.45) is 6.45. The molecule has 2 aromatic rings. The molecule has 2 nitrogen and oxygen atoms in total. The summed E-state index contributed by atoms with van der Waals surface area (Å²) in [6, 6.07) is 13.7. The van der Waals surface area contributed by atoms with Crippen LogP contribution < -0.4 is 5.32 Å². The van der Waals surface area contributed by atoms with Crippen molar-refractivity contribution in [2.45, 2.75) is 24.8 Å². The van der Waals surface area contributed by atoms with Gasteiger partial charge in [0.05, 0.1) is 0 Å². The summed E-state index contributed by atoms with van der Waals surface area (Å²) in [5.41, 5.74) is 4.49. The van der Waals surface area contributed by atoms with E-state index in [0.29, 0.717) is 6.04 Å². The van der Waals surface area contributed by atoms with E-state index < -0.39 is 0 Å². The summed E-state index contributed by atoms with van der Waals surface area (Å²) >= 11 is 0. The summed E-state index contributed by atoms with van der Waals surface area (Å²) < 4.78 is 0. The van der Waals surface area contributed by atoms with Crippen LogP contribution in [0.4, 0.5) is 0 Å². The summed E-state index contributed by atoms with van der Waals surface area (Å²) in [5, 5.41) is 3.53. The predicted octanol–water partition coefficient (Wildman–Crippen LogP) is 3.32. The van der Waals surface area contributed by atoms with E-state index in [1.807, 2.05) is 18.5 Å². The van der Waals surface area contributed by atoms with Gasteiger partial charge in [0.25, 0.3) is 0 Å². The third kappa shape index (κ3) is 1.79. The van der Waals surface area contributed by atoms with Crippen LogP contribution >= 0.6 is 0 Å². The Morgan fingerprint density at radius 3 is 2.90 bits per heavy atom. The molecule has 0 aliphatic heterocycles. The van der Waals surface area contributed by atoms with Crippen molar-refractivity contribution >= 4 is 0 Å². The van der Waals surface area contributed by atoms with Gasteiger partial charge in [-0.15, -0.1) is 0 Å². The first-order chi connectivity index (χ1) is 9.90. The molecular weight excluding hydrogens is 244 g/mol. The first-order valence-electron chi connectivity index (χ1n) is 7.55. The average Bonchev–Trinajstić information content (AvgIpc) is 3.24. The summed E-state index contributed by atoms with van der Waals surface area (Å²) in [5.74, 6) is 2.33. The van der Waals surface area contributed by atoms with Crippen LogP contribution in [-0.4, -0.2) is 12.0 Å². The first kappa shape index (κ1) is 12.1. The highest BCUT2D eigenvalue weighted by atomic mass is 14.9. The van der Waals surface area contributed by atoms with E-state index in [1.54, 1.807) is 11.1 Å². The molecule has 1 fully saturated rings. The highest BCUT2D eigenvalue weighted by molar-refractivity contribution is 5.41. The van der Waals surface area contributed by atoms with Crippen LogP contribution in [0.3, 0.4) is 0 Å². The largest absolute Gasteiger partial charge is 0.313 e. The number of hydrogen-bond acceptors (Lipinski definition) is 2. The topological polar surface area (TPSA) is 24.9 Å². The zero-order chi connectivity index (χ0) is 13.5. The molecule has 1 aromatic carbocycles. The molecule has 0 amide bonds. The second kappa shape index (κ2) is 4.71. The molecule has 2 aliphatic rings. The minimum absolute atomic E-state index is 0.435. The molecule has 2 aliphatic carbocycles. The van der Waals surface area contributed by atoms with Gasteiger partial charge in [-0.1, -0.05) is 30.3 Å². The van der Waals surface area contributed by atoms with Crippen molar-refractivity contribution in [2.75, 3.05) is 7.05 Å².